The largest absolute Gasteiger partial charge is 0.506 e. The van der Waals surface area contributed by atoms with Gasteiger partial charge in [-0.1, -0.05) is 98.3 Å². The molecule has 0 saturated heterocycles. The highest BCUT2D eigenvalue weighted by Gasteiger charge is 2.24. The van der Waals surface area contributed by atoms with Crippen LogP contribution in [0, 0.1) is 5.41 Å². The first-order chi connectivity index (χ1) is 13.4. The van der Waals surface area contributed by atoms with E-state index in [1.54, 1.807) is 0 Å². The molecule has 1 aliphatic carbocycles. The molecule has 4 N–H and O–H groups in total. The van der Waals surface area contributed by atoms with Crippen molar-refractivity contribution in [1.29, 1.82) is 0 Å². The van der Waals surface area contributed by atoms with Gasteiger partial charge in [0.1, 0.15) is 0 Å². The molecule has 0 atom stereocenters. The van der Waals surface area contributed by atoms with Crippen LogP contribution in [0.2, 0.25) is 0 Å². The summed E-state index contributed by atoms with van der Waals surface area (Å²) in [4.78, 5) is 0. The third-order valence-corrected chi connectivity index (χ3v) is 3.69. The number of aliphatic hydroxyl groups excluding tert-OH is 1. The lowest BCUT2D eigenvalue weighted by molar-refractivity contribution is -0.171. The van der Waals surface area contributed by atoms with Crippen molar-refractivity contribution in [2.45, 2.75) is 88.5 Å². The highest BCUT2D eigenvalue weighted by atomic mass is 16.5. The highest BCUT2D eigenvalue weighted by Crippen LogP contribution is 2.16. The standard InChI is InChI=1S/C10H12.C6H14.C5H11NO3.2C2H6/c1-9-7-5-3-4-6-8-10(9)2;1-5-6(2,3)4;1-3-4(7)5(8,9)6-2;2*1-2/h3-8H,1-2H3;5H2,1-4H3;3,6-9H,1-2H3;2*1-2H3/b4-3+,5-3?,6-4?,7-5-,8-6-,9-7?,10-8?,10-9+;;4-3-;;. The molecule has 0 radical (unpaired) electrons. The van der Waals surface area contributed by atoms with Crippen LogP contribution in [-0.2, 0) is 0 Å². The van der Waals surface area contributed by atoms with Gasteiger partial charge in [0, 0.05) is 0 Å². The Bertz CT molecular complexity index is 493. The second kappa shape index (κ2) is 21.1. The molecule has 4 heteroatoms. The zero-order valence-corrected chi connectivity index (χ0v) is 21.1. The van der Waals surface area contributed by atoms with Gasteiger partial charge in [0.2, 0.25) is 0 Å². The minimum Gasteiger partial charge on any atom is -0.506 e. The molecule has 0 unspecified atom stereocenters. The fourth-order valence-electron chi connectivity index (χ4n) is 1.12. The Balaban J connectivity index is -0.000000152. The summed E-state index contributed by atoms with van der Waals surface area (Å²) in [5, 5.41) is 28.2. The fraction of sp³-hybridized carbons (Fsp3) is 0.600. The predicted molar refractivity (Wildman–Crippen MR) is 131 cm³/mol. The van der Waals surface area contributed by atoms with Gasteiger partial charge in [0.25, 0.3) is 5.91 Å². The van der Waals surface area contributed by atoms with E-state index >= 15 is 0 Å². The lowest BCUT2D eigenvalue weighted by Crippen LogP contribution is -2.44. The third-order valence-electron chi connectivity index (χ3n) is 3.69. The number of aliphatic hydroxyl groups is 3. The van der Waals surface area contributed by atoms with E-state index in [2.05, 4.69) is 71.2 Å². The second-order valence-corrected chi connectivity index (χ2v) is 6.98. The SMILES string of the molecule is C/C=C(\O)C(O)(O)NC.CC.CC.CC1=C(C)\C=C/C=C/C=C\1.CCC(C)(C)C. The van der Waals surface area contributed by atoms with E-state index in [4.69, 9.17) is 15.3 Å². The molecule has 172 valence electrons. The summed E-state index contributed by atoms with van der Waals surface area (Å²) in [6, 6.07) is 0. The molecule has 0 bridgehead atoms. The molecule has 0 saturated carbocycles. The number of rotatable bonds is 2. The van der Waals surface area contributed by atoms with Crippen LogP contribution in [0.4, 0.5) is 0 Å². The van der Waals surface area contributed by atoms with Crippen LogP contribution in [0.1, 0.15) is 82.6 Å². The van der Waals surface area contributed by atoms with Crippen LogP contribution in [-0.4, -0.2) is 28.3 Å². The smallest absolute Gasteiger partial charge is 0.283 e. The van der Waals surface area contributed by atoms with Crippen molar-refractivity contribution < 1.29 is 15.3 Å². The summed E-state index contributed by atoms with van der Waals surface area (Å²) >= 11 is 0. The van der Waals surface area contributed by atoms with Crippen LogP contribution in [0.3, 0.4) is 0 Å². The Hall–Kier alpha value is -1.62. The highest BCUT2D eigenvalue weighted by molar-refractivity contribution is 5.35. The zero-order chi connectivity index (χ0) is 24.1. The van der Waals surface area contributed by atoms with E-state index in [1.807, 2.05) is 39.8 Å². The van der Waals surface area contributed by atoms with Gasteiger partial charge < -0.3 is 15.3 Å². The Morgan fingerprint density at radius 1 is 0.897 bits per heavy atom. The molecule has 0 aromatic rings. The van der Waals surface area contributed by atoms with E-state index in [9.17, 15) is 0 Å². The average Bonchev–Trinajstić information content (AvgIpc) is 2.71. The van der Waals surface area contributed by atoms with E-state index in [0.29, 0.717) is 5.41 Å². The maximum atomic E-state index is 8.72. The van der Waals surface area contributed by atoms with Crippen molar-refractivity contribution in [3.8, 4) is 0 Å². The van der Waals surface area contributed by atoms with Crippen molar-refractivity contribution >= 4 is 0 Å². The minimum atomic E-state index is -2.28. The van der Waals surface area contributed by atoms with Gasteiger partial charge >= 0.3 is 0 Å². The van der Waals surface area contributed by atoms with Crippen molar-refractivity contribution in [3.63, 3.8) is 0 Å². The molecular formula is C25H49NO3. The molecule has 0 spiro atoms. The minimum absolute atomic E-state index is 0.509. The quantitative estimate of drug-likeness (QED) is 0.297. The van der Waals surface area contributed by atoms with E-state index in [1.165, 1.54) is 37.6 Å². The summed E-state index contributed by atoms with van der Waals surface area (Å²) in [5.41, 5.74) is 3.21. The van der Waals surface area contributed by atoms with Crippen LogP contribution in [0.5, 0.6) is 0 Å². The summed E-state index contributed by atoms with van der Waals surface area (Å²) in [5.74, 6) is -2.79. The molecule has 1 rings (SSSR count). The van der Waals surface area contributed by atoms with Crippen molar-refractivity contribution in [1.82, 2.24) is 5.32 Å². The molecule has 0 fully saturated rings. The Kier molecular flexibility index (Phi) is 25.4. The molecule has 29 heavy (non-hydrogen) atoms. The van der Waals surface area contributed by atoms with Gasteiger partial charge in [0.05, 0.1) is 0 Å². The number of hydrogen-bond acceptors (Lipinski definition) is 4. The lowest BCUT2D eigenvalue weighted by atomic mass is 9.94. The van der Waals surface area contributed by atoms with Crippen LogP contribution in [0.15, 0.2) is 59.4 Å². The molecule has 0 amide bonds. The van der Waals surface area contributed by atoms with Crippen LogP contribution in [0.25, 0.3) is 0 Å². The first-order valence-electron chi connectivity index (χ1n) is 10.6. The van der Waals surface area contributed by atoms with Crippen LogP contribution < -0.4 is 5.32 Å². The maximum Gasteiger partial charge on any atom is 0.283 e. The first kappa shape index (κ1) is 34.9. The van der Waals surface area contributed by atoms with Crippen LogP contribution >= 0.6 is 0 Å². The molecule has 4 nitrogen and oxygen atoms in total. The van der Waals surface area contributed by atoms with Gasteiger partial charge in [-0.3, -0.25) is 5.32 Å². The summed E-state index contributed by atoms with van der Waals surface area (Å²) < 4.78 is 0. The van der Waals surface area contributed by atoms with Crippen molar-refractivity contribution in [3.05, 3.63) is 59.4 Å². The zero-order valence-electron chi connectivity index (χ0n) is 21.1. The Morgan fingerprint density at radius 3 is 1.38 bits per heavy atom. The molecule has 0 aromatic carbocycles. The number of nitrogens with one attached hydrogen (secondary N) is 1. The van der Waals surface area contributed by atoms with Crippen molar-refractivity contribution in [2.24, 2.45) is 5.41 Å². The molecular weight excluding hydrogens is 362 g/mol. The summed E-state index contributed by atoms with van der Waals surface area (Å²) in [6.07, 6.45) is 14.9. The molecule has 1 aliphatic rings. The van der Waals surface area contributed by atoms with Gasteiger partial charge in [-0.05, 0) is 50.5 Å². The monoisotopic (exact) mass is 411 g/mol. The van der Waals surface area contributed by atoms with Gasteiger partial charge in [-0.25, -0.2) is 0 Å². The molecule has 0 heterocycles. The topological polar surface area (TPSA) is 72.7 Å². The summed E-state index contributed by atoms with van der Waals surface area (Å²) in [7, 11) is 1.32. The number of likely N-dealkylation sites (N-methyl/N-ethyl adjacent to an activating group) is 1. The Morgan fingerprint density at radius 2 is 1.21 bits per heavy atom. The number of allylic oxidation sites excluding steroid dienone is 9. The van der Waals surface area contributed by atoms with Gasteiger partial charge in [-0.15, -0.1) is 0 Å². The van der Waals surface area contributed by atoms with Crippen molar-refractivity contribution in [2.75, 3.05) is 7.05 Å². The second-order valence-electron chi connectivity index (χ2n) is 6.98. The van der Waals surface area contributed by atoms with E-state index in [-0.39, 0.29) is 0 Å². The van der Waals surface area contributed by atoms with E-state index in [0.717, 1.165) is 0 Å². The first-order valence-corrected chi connectivity index (χ1v) is 10.6. The van der Waals surface area contributed by atoms with Gasteiger partial charge in [0.15, 0.2) is 5.76 Å². The predicted octanol–water partition coefficient (Wildman–Crippen LogP) is 6.81. The average molecular weight is 412 g/mol. The number of hydrogen-bond donors (Lipinski definition) is 4. The maximum absolute atomic E-state index is 8.72. The van der Waals surface area contributed by atoms with Gasteiger partial charge in [-0.2, -0.15) is 0 Å². The molecule has 0 aromatic heterocycles. The normalized spacial score (nSPS) is 19.0. The summed E-state index contributed by atoms with van der Waals surface area (Å²) in [6.45, 7) is 22.7. The lowest BCUT2D eigenvalue weighted by Gasteiger charge is -2.18. The van der Waals surface area contributed by atoms with E-state index < -0.39 is 11.7 Å². The fourth-order valence-corrected chi connectivity index (χ4v) is 1.12. The third kappa shape index (κ3) is 24.3. The molecule has 0 aliphatic heterocycles. The Labute approximate surface area is 181 Å².